The molecular formula is C4H12O2S. The maximum absolute atomic E-state index is 10.5. The molecule has 0 bridgehead atoms. The molecule has 0 heterocycles. The Bertz CT molecular complexity index is 81.7. The molecule has 0 saturated heterocycles. The van der Waals surface area contributed by atoms with Crippen LogP contribution in [-0.2, 0) is 10.2 Å². The van der Waals surface area contributed by atoms with Crippen LogP contribution >= 0.6 is 0 Å². The van der Waals surface area contributed by atoms with E-state index in [0.717, 1.165) is 0 Å². The van der Waals surface area contributed by atoms with Gasteiger partial charge in [0.25, 0.3) is 0 Å². The zero-order chi connectivity index (χ0) is 5.91. The molecule has 0 aromatic carbocycles. The summed E-state index contributed by atoms with van der Waals surface area (Å²) in [5, 5.41) is 0. The van der Waals surface area contributed by atoms with Gasteiger partial charge in [-0.05, 0) is 13.8 Å². The lowest BCUT2D eigenvalue weighted by atomic mass is 11.0. The van der Waals surface area contributed by atoms with Gasteiger partial charge in [-0.25, -0.2) is 4.21 Å². The van der Waals surface area contributed by atoms with Crippen molar-refractivity contribution in [2.45, 2.75) is 13.8 Å². The average molecular weight is 124 g/mol. The van der Waals surface area contributed by atoms with Crippen LogP contribution in [-0.4, -0.2) is 20.3 Å². The molecule has 0 fully saturated rings. The first kappa shape index (κ1) is 7.11. The van der Waals surface area contributed by atoms with Crippen molar-refractivity contribution in [3.63, 3.8) is 0 Å². The number of rotatable bonds is 2. The van der Waals surface area contributed by atoms with Crippen molar-refractivity contribution in [2.24, 2.45) is 0 Å². The van der Waals surface area contributed by atoms with Crippen molar-refractivity contribution in [1.29, 1.82) is 0 Å². The average Bonchev–Trinajstić information content (AvgIpc) is 1.68. The SMILES string of the molecule is CC[SH](=O)(O)CC. The van der Waals surface area contributed by atoms with Gasteiger partial charge in [-0.15, -0.1) is 0 Å². The van der Waals surface area contributed by atoms with Crippen LogP contribution in [0.3, 0.4) is 0 Å². The maximum atomic E-state index is 10.5. The molecule has 0 unspecified atom stereocenters. The van der Waals surface area contributed by atoms with Crippen LogP contribution in [0.5, 0.6) is 0 Å². The lowest BCUT2D eigenvalue weighted by Gasteiger charge is -2.16. The molecule has 0 aliphatic carbocycles. The quantitative estimate of drug-likeness (QED) is 0.526. The third-order valence-corrected chi connectivity index (χ3v) is 2.96. The molecular weight excluding hydrogens is 112 g/mol. The van der Waals surface area contributed by atoms with Crippen LogP contribution < -0.4 is 0 Å². The highest BCUT2D eigenvalue weighted by molar-refractivity contribution is 7.97. The summed E-state index contributed by atoms with van der Waals surface area (Å²) >= 11 is 0. The predicted octanol–water partition coefficient (Wildman–Crippen LogP) is 0.516. The fourth-order valence-electron chi connectivity index (χ4n) is 0.224. The Morgan fingerprint density at radius 3 is 1.71 bits per heavy atom. The predicted molar refractivity (Wildman–Crippen MR) is 33.2 cm³/mol. The minimum Gasteiger partial charge on any atom is -0.305 e. The van der Waals surface area contributed by atoms with Crippen molar-refractivity contribution in [1.82, 2.24) is 0 Å². The first-order valence-electron chi connectivity index (χ1n) is 2.43. The van der Waals surface area contributed by atoms with Gasteiger partial charge in [0.2, 0.25) is 0 Å². The van der Waals surface area contributed by atoms with Crippen molar-refractivity contribution >= 4 is 10.2 Å². The second-order valence-electron chi connectivity index (χ2n) is 1.48. The molecule has 0 aromatic heterocycles. The van der Waals surface area contributed by atoms with Crippen LogP contribution in [0, 0.1) is 0 Å². The summed E-state index contributed by atoms with van der Waals surface area (Å²) in [7, 11) is -2.65. The van der Waals surface area contributed by atoms with E-state index in [9.17, 15) is 4.21 Å². The smallest absolute Gasteiger partial charge is 0.0287 e. The van der Waals surface area contributed by atoms with Crippen LogP contribution in [0.25, 0.3) is 0 Å². The van der Waals surface area contributed by atoms with E-state index in [1.165, 1.54) is 0 Å². The molecule has 2 nitrogen and oxygen atoms in total. The largest absolute Gasteiger partial charge is 0.305 e. The van der Waals surface area contributed by atoms with Gasteiger partial charge in [-0.1, -0.05) is 0 Å². The monoisotopic (exact) mass is 124 g/mol. The second kappa shape index (κ2) is 2.43. The van der Waals surface area contributed by atoms with E-state index in [1.54, 1.807) is 13.8 Å². The van der Waals surface area contributed by atoms with Crippen LogP contribution in [0.2, 0.25) is 0 Å². The molecule has 1 N–H and O–H groups in total. The first-order valence-corrected chi connectivity index (χ1v) is 4.46. The van der Waals surface area contributed by atoms with Crippen molar-refractivity contribution in [3.05, 3.63) is 0 Å². The fourth-order valence-corrected chi connectivity index (χ4v) is 0.671. The Morgan fingerprint density at radius 1 is 1.43 bits per heavy atom. The number of hydrogen-bond donors (Lipinski definition) is 2. The van der Waals surface area contributed by atoms with E-state index >= 15 is 0 Å². The molecule has 0 aliphatic heterocycles. The highest BCUT2D eigenvalue weighted by Crippen LogP contribution is 1.94. The summed E-state index contributed by atoms with van der Waals surface area (Å²) < 4.78 is 19.2. The Labute approximate surface area is 45.2 Å². The first-order chi connectivity index (χ1) is 3.12. The lowest BCUT2D eigenvalue weighted by Crippen LogP contribution is -2.14. The standard InChI is InChI=1S/C4H12O2S/c1-3-7(5,6)4-2/h7H,3-4H2,1-2H3,(H,5,6). The molecule has 0 rings (SSSR count). The number of hydrogen-bond acceptors (Lipinski definition) is 1. The van der Waals surface area contributed by atoms with Gasteiger partial charge in [0.05, 0.1) is 0 Å². The molecule has 0 aromatic rings. The molecule has 0 radical (unpaired) electrons. The van der Waals surface area contributed by atoms with Crippen LogP contribution in [0.15, 0.2) is 0 Å². The van der Waals surface area contributed by atoms with E-state index in [1.807, 2.05) is 0 Å². The Balaban J connectivity index is 3.61. The summed E-state index contributed by atoms with van der Waals surface area (Å²) in [6, 6.07) is 0. The lowest BCUT2D eigenvalue weighted by molar-refractivity contribution is 0.542. The highest BCUT2D eigenvalue weighted by atomic mass is 32.3. The topological polar surface area (TPSA) is 37.3 Å². The van der Waals surface area contributed by atoms with Crippen molar-refractivity contribution < 1.29 is 8.76 Å². The summed E-state index contributed by atoms with van der Waals surface area (Å²) in [6.07, 6.45) is 0. The van der Waals surface area contributed by atoms with Gasteiger partial charge in [-0.2, -0.15) is 10.2 Å². The van der Waals surface area contributed by atoms with E-state index in [2.05, 4.69) is 0 Å². The van der Waals surface area contributed by atoms with Crippen LogP contribution in [0.1, 0.15) is 13.8 Å². The second-order valence-corrected chi connectivity index (χ2v) is 4.44. The van der Waals surface area contributed by atoms with Gasteiger partial charge in [0.1, 0.15) is 0 Å². The maximum Gasteiger partial charge on any atom is 0.0287 e. The summed E-state index contributed by atoms with van der Waals surface area (Å²) in [4.78, 5) is 0. The summed E-state index contributed by atoms with van der Waals surface area (Å²) in [5.74, 6) is 0.812. The van der Waals surface area contributed by atoms with Gasteiger partial charge in [0.15, 0.2) is 0 Å². The van der Waals surface area contributed by atoms with Gasteiger partial charge in [0, 0.05) is 11.5 Å². The Kier molecular flexibility index (Phi) is 2.46. The summed E-state index contributed by atoms with van der Waals surface area (Å²) in [6.45, 7) is 3.45. The zero-order valence-corrected chi connectivity index (χ0v) is 5.61. The van der Waals surface area contributed by atoms with Crippen molar-refractivity contribution in [3.8, 4) is 0 Å². The van der Waals surface area contributed by atoms with E-state index in [-0.39, 0.29) is 0 Å². The molecule has 46 valence electrons. The van der Waals surface area contributed by atoms with Crippen molar-refractivity contribution in [2.75, 3.05) is 11.5 Å². The molecule has 0 spiro atoms. The minimum atomic E-state index is -2.65. The minimum absolute atomic E-state index is 0.406. The Morgan fingerprint density at radius 2 is 1.71 bits per heavy atom. The van der Waals surface area contributed by atoms with E-state index in [0.29, 0.717) is 11.5 Å². The Hall–Kier alpha value is 0.110. The highest BCUT2D eigenvalue weighted by Gasteiger charge is 1.93. The number of thiol groups is 1. The van der Waals surface area contributed by atoms with Gasteiger partial charge >= 0.3 is 0 Å². The van der Waals surface area contributed by atoms with Crippen LogP contribution in [0.4, 0.5) is 0 Å². The van der Waals surface area contributed by atoms with E-state index < -0.39 is 10.2 Å². The molecule has 3 heteroatoms. The molecule has 7 heavy (non-hydrogen) atoms. The third-order valence-electron chi connectivity index (χ3n) is 0.988. The molecule has 0 amide bonds. The van der Waals surface area contributed by atoms with E-state index in [4.69, 9.17) is 4.55 Å². The molecule has 0 saturated carbocycles. The van der Waals surface area contributed by atoms with Gasteiger partial charge in [-0.3, -0.25) is 0 Å². The zero-order valence-electron chi connectivity index (χ0n) is 4.72. The third kappa shape index (κ3) is 2.76. The molecule has 0 aliphatic rings. The van der Waals surface area contributed by atoms with Gasteiger partial charge < -0.3 is 4.55 Å². The fraction of sp³-hybridized carbons (Fsp3) is 1.00. The molecule has 0 atom stereocenters. The normalized spacial score (nSPS) is 14.1. The summed E-state index contributed by atoms with van der Waals surface area (Å²) in [5.41, 5.74) is 0.